The number of phenolic OH excluding ortho intramolecular Hbond substituents is 2. The number of amides is 1. The highest BCUT2D eigenvalue weighted by Crippen LogP contribution is 2.22. The second-order valence-corrected chi connectivity index (χ2v) is 4.21. The van der Waals surface area contributed by atoms with Crippen LogP contribution in [-0.2, 0) is 0 Å². The van der Waals surface area contributed by atoms with Gasteiger partial charge in [-0.05, 0) is 18.2 Å². The van der Waals surface area contributed by atoms with Crippen molar-refractivity contribution in [3.63, 3.8) is 0 Å². The maximum Gasteiger partial charge on any atom is 0.255 e. The zero-order valence-electron chi connectivity index (χ0n) is 9.10. The Balaban J connectivity index is 2.01. The van der Waals surface area contributed by atoms with Crippen LogP contribution in [0, 0.1) is 0 Å². The summed E-state index contributed by atoms with van der Waals surface area (Å²) in [6.45, 7) is 0.965. The van der Waals surface area contributed by atoms with Gasteiger partial charge in [0.2, 0.25) is 0 Å². The van der Waals surface area contributed by atoms with E-state index in [-0.39, 0.29) is 23.6 Å². The summed E-state index contributed by atoms with van der Waals surface area (Å²) in [5, 5.41) is 33.8. The van der Waals surface area contributed by atoms with Crippen molar-refractivity contribution in [2.45, 2.75) is 5.60 Å². The maximum absolute atomic E-state index is 11.7. The second-order valence-electron chi connectivity index (χ2n) is 4.21. The molecular weight excluding hydrogens is 224 g/mol. The highest BCUT2D eigenvalue weighted by atomic mass is 16.3. The van der Waals surface area contributed by atoms with E-state index in [9.17, 15) is 20.1 Å². The number of aliphatic hydroxyl groups is 1. The number of carbonyl (C=O) groups excluding carboxylic acids is 1. The number of nitrogens with one attached hydrogen (secondary N) is 2. The number of phenols is 2. The Morgan fingerprint density at radius 3 is 2.71 bits per heavy atom. The van der Waals surface area contributed by atoms with Crippen LogP contribution in [0.3, 0.4) is 0 Å². The van der Waals surface area contributed by atoms with E-state index < -0.39 is 11.5 Å². The monoisotopic (exact) mass is 238 g/mol. The standard InChI is InChI=1S/C11H14N2O4/c14-7-1-2-9(15)8(3-7)10(16)13-6-11(17)4-12-5-11/h1-3,12,14-15,17H,4-6H2,(H,13,16). The van der Waals surface area contributed by atoms with Crippen molar-refractivity contribution in [1.29, 1.82) is 0 Å². The fourth-order valence-electron chi connectivity index (χ4n) is 1.58. The molecule has 1 fully saturated rings. The summed E-state index contributed by atoms with van der Waals surface area (Å²) >= 11 is 0. The molecule has 1 heterocycles. The van der Waals surface area contributed by atoms with Crippen molar-refractivity contribution in [3.8, 4) is 11.5 Å². The van der Waals surface area contributed by atoms with Gasteiger partial charge in [-0.25, -0.2) is 0 Å². The summed E-state index contributed by atoms with van der Waals surface area (Å²) in [4.78, 5) is 11.7. The summed E-state index contributed by atoms with van der Waals surface area (Å²) in [5.74, 6) is -0.838. The van der Waals surface area contributed by atoms with Crippen molar-refractivity contribution in [1.82, 2.24) is 10.6 Å². The van der Waals surface area contributed by atoms with Crippen molar-refractivity contribution < 1.29 is 20.1 Å². The first-order chi connectivity index (χ1) is 8.00. The van der Waals surface area contributed by atoms with Crippen LogP contribution in [0.5, 0.6) is 11.5 Å². The molecule has 0 bridgehead atoms. The Morgan fingerprint density at radius 1 is 1.41 bits per heavy atom. The van der Waals surface area contributed by atoms with Crippen LogP contribution in [-0.4, -0.2) is 46.5 Å². The average Bonchev–Trinajstić information content (AvgIpc) is 2.26. The van der Waals surface area contributed by atoms with Gasteiger partial charge in [-0.1, -0.05) is 0 Å². The Bertz CT molecular complexity index is 443. The van der Waals surface area contributed by atoms with E-state index in [2.05, 4.69) is 10.6 Å². The molecule has 17 heavy (non-hydrogen) atoms. The molecule has 1 aliphatic heterocycles. The maximum atomic E-state index is 11.7. The Morgan fingerprint density at radius 2 is 2.12 bits per heavy atom. The van der Waals surface area contributed by atoms with Crippen LogP contribution in [0.4, 0.5) is 0 Å². The molecule has 92 valence electrons. The minimum atomic E-state index is -0.915. The lowest BCUT2D eigenvalue weighted by atomic mass is 9.97. The van der Waals surface area contributed by atoms with E-state index >= 15 is 0 Å². The molecule has 1 aromatic carbocycles. The first-order valence-electron chi connectivity index (χ1n) is 5.23. The van der Waals surface area contributed by atoms with E-state index in [4.69, 9.17) is 0 Å². The Hall–Kier alpha value is -1.79. The third kappa shape index (κ3) is 2.48. The molecule has 2 rings (SSSR count). The van der Waals surface area contributed by atoms with E-state index in [1.54, 1.807) is 0 Å². The topological polar surface area (TPSA) is 102 Å². The summed E-state index contributed by atoms with van der Waals surface area (Å²) in [6.07, 6.45) is 0. The molecule has 0 saturated carbocycles. The van der Waals surface area contributed by atoms with Gasteiger partial charge >= 0.3 is 0 Å². The zero-order valence-corrected chi connectivity index (χ0v) is 9.10. The molecule has 0 unspecified atom stereocenters. The first kappa shape index (κ1) is 11.7. The second kappa shape index (κ2) is 4.23. The van der Waals surface area contributed by atoms with Gasteiger partial charge in [-0.2, -0.15) is 0 Å². The molecule has 1 amide bonds. The molecule has 6 heteroatoms. The largest absolute Gasteiger partial charge is 0.508 e. The lowest BCUT2D eigenvalue weighted by Gasteiger charge is -2.37. The summed E-state index contributed by atoms with van der Waals surface area (Å²) in [5.41, 5.74) is -0.928. The van der Waals surface area contributed by atoms with Gasteiger partial charge < -0.3 is 26.0 Å². The molecule has 1 saturated heterocycles. The lowest BCUT2D eigenvalue weighted by molar-refractivity contribution is -0.00762. The number of rotatable bonds is 3. The predicted octanol–water partition coefficient (Wildman–Crippen LogP) is -0.838. The zero-order chi connectivity index (χ0) is 12.5. The molecule has 6 nitrogen and oxygen atoms in total. The molecule has 0 spiro atoms. The molecule has 5 N–H and O–H groups in total. The van der Waals surface area contributed by atoms with Gasteiger partial charge in [0.1, 0.15) is 17.1 Å². The van der Waals surface area contributed by atoms with Crippen LogP contribution >= 0.6 is 0 Å². The number of aromatic hydroxyl groups is 2. The van der Waals surface area contributed by atoms with Crippen molar-refractivity contribution in [2.24, 2.45) is 0 Å². The number of hydrogen-bond acceptors (Lipinski definition) is 5. The fraction of sp³-hybridized carbons (Fsp3) is 0.364. The number of β-amino-alcohol motifs (C(OH)–C–C–N with tert-alkyl or cyclic N) is 1. The summed E-state index contributed by atoms with van der Waals surface area (Å²) in [7, 11) is 0. The fourth-order valence-corrected chi connectivity index (χ4v) is 1.58. The summed E-state index contributed by atoms with van der Waals surface area (Å²) in [6, 6.07) is 3.70. The normalized spacial score (nSPS) is 17.2. The van der Waals surface area contributed by atoms with Crippen LogP contribution < -0.4 is 10.6 Å². The van der Waals surface area contributed by atoms with Crippen molar-refractivity contribution in [3.05, 3.63) is 23.8 Å². The molecule has 0 atom stereocenters. The number of benzene rings is 1. The number of carbonyl (C=O) groups is 1. The van der Waals surface area contributed by atoms with Crippen molar-refractivity contribution >= 4 is 5.91 Å². The van der Waals surface area contributed by atoms with Crippen LogP contribution in [0.15, 0.2) is 18.2 Å². The van der Waals surface area contributed by atoms with Crippen LogP contribution in [0.25, 0.3) is 0 Å². The molecule has 0 radical (unpaired) electrons. The quantitative estimate of drug-likeness (QED) is 0.442. The molecule has 1 aromatic rings. The highest BCUT2D eigenvalue weighted by Gasteiger charge is 2.34. The minimum absolute atomic E-state index is 0.0131. The van der Waals surface area contributed by atoms with Gasteiger partial charge in [-0.15, -0.1) is 0 Å². The van der Waals surface area contributed by atoms with E-state index in [1.165, 1.54) is 18.2 Å². The van der Waals surface area contributed by atoms with Crippen molar-refractivity contribution in [2.75, 3.05) is 19.6 Å². The predicted molar refractivity (Wildman–Crippen MR) is 59.9 cm³/mol. The third-order valence-electron chi connectivity index (χ3n) is 2.71. The Labute approximate surface area is 97.9 Å². The first-order valence-corrected chi connectivity index (χ1v) is 5.23. The SMILES string of the molecule is O=C(NCC1(O)CNC1)c1cc(O)ccc1O. The van der Waals surface area contributed by atoms with E-state index in [0.717, 1.165) is 0 Å². The summed E-state index contributed by atoms with van der Waals surface area (Å²) < 4.78 is 0. The molecular formula is C11H14N2O4. The van der Waals surface area contributed by atoms with Gasteiger partial charge in [-0.3, -0.25) is 4.79 Å². The van der Waals surface area contributed by atoms with Gasteiger partial charge in [0.15, 0.2) is 0 Å². The van der Waals surface area contributed by atoms with Gasteiger partial charge in [0.05, 0.1) is 5.56 Å². The Kier molecular flexibility index (Phi) is 2.91. The molecule has 1 aliphatic rings. The van der Waals surface area contributed by atoms with Crippen LogP contribution in [0.1, 0.15) is 10.4 Å². The number of hydrogen-bond donors (Lipinski definition) is 5. The third-order valence-corrected chi connectivity index (χ3v) is 2.71. The van der Waals surface area contributed by atoms with Gasteiger partial charge in [0, 0.05) is 19.6 Å². The molecule has 0 aromatic heterocycles. The van der Waals surface area contributed by atoms with Gasteiger partial charge in [0.25, 0.3) is 5.91 Å². The van der Waals surface area contributed by atoms with Crippen LogP contribution in [0.2, 0.25) is 0 Å². The van der Waals surface area contributed by atoms with E-state index in [1.807, 2.05) is 0 Å². The van der Waals surface area contributed by atoms with E-state index in [0.29, 0.717) is 13.1 Å². The smallest absolute Gasteiger partial charge is 0.255 e. The minimum Gasteiger partial charge on any atom is -0.508 e. The molecule has 0 aliphatic carbocycles. The lowest BCUT2D eigenvalue weighted by Crippen LogP contribution is -2.64. The highest BCUT2D eigenvalue weighted by molar-refractivity contribution is 5.97. The average molecular weight is 238 g/mol.